The molecular formula is C26H28FNO2. The number of fused-ring (bicyclic) bond motifs is 1. The summed E-state index contributed by atoms with van der Waals surface area (Å²) >= 11 is 0. The summed E-state index contributed by atoms with van der Waals surface area (Å²) in [6, 6.07) is 16.9. The molecule has 0 amide bonds. The van der Waals surface area contributed by atoms with Gasteiger partial charge < -0.3 is 9.52 Å². The van der Waals surface area contributed by atoms with Crippen LogP contribution in [-0.4, -0.2) is 5.11 Å². The molecule has 0 saturated heterocycles. The van der Waals surface area contributed by atoms with Crippen LogP contribution in [0.4, 0.5) is 4.39 Å². The van der Waals surface area contributed by atoms with E-state index < -0.39 is 6.23 Å². The molecule has 1 aliphatic carbocycles. The van der Waals surface area contributed by atoms with Gasteiger partial charge in [-0.2, -0.15) is 0 Å². The number of aryl methyl sites for hydroxylation is 1. The largest absolute Gasteiger partial charge is 0.465 e. The highest BCUT2D eigenvalue weighted by atomic mass is 19.1. The molecule has 2 atom stereocenters. The van der Waals surface area contributed by atoms with Gasteiger partial charge in [-0.1, -0.05) is 29.8 Å². The van der Waals surface area contributed by atoms with Crippen LogP contribution in [0.2, 0.25) is 0 Å². The van der Waals surface area contributed by atoms with Crippen molar-refractivity contribution < 1.29 is 13.9 Å². The predicted molar refractivity (Wildman–Crippen MR) is 117 cm³/mol. The third kappa shape index (κ3) is 4.40. The Hall–Kier alpha value is -2.69. The van der Waals surface area contributed by atoms with Crippen LogP contribution in [-0.2, 0) is 13.0 Å². The Morgan fingerprint density at radius 1 is 1.10 bits per heavy atom. The van der Waals surface area contributed by atoms with Crippen molar-refractivity contribution in [3.05, 3.63) is 99.8 Å². The van der Waals surface area contributed by atoms with E-state index in [1.807, 2.05) is 31.2 Å². The van der Waals surface area contributed by atoms with Gasteiger partial charge in [-0.3, -0.25) is 5.32 Å². The van der Waals surface area contributed by atoms with Gasteiger partial charge in [0.2, 0.25) is 0 Å². The Bertz CT molecular complexity index is 1080. The first-order chi connectivity index (χ1) is 14.4. The monoisotopic (exact) mass is 405 g/mol. The van der Waals surface area contributed by atoms with Crippen LogP contribution in [0.15, 0.2) is 64.6 Å². The second kappa shape index (κ2) is 8.58. The zero-order valence-electron chi connectivity index (χ0n) is 17.7. The fraction of sp³-hybridized carbons (Fsp3) is 0.308. The number of allylic oxidation sites excluding steroid dienone is 2. The van der Waals surface area contributed by atoms with Crippen LogP contribution in [0, 0.1) is 12.7 Å². The van der Waals surface area contributed by atoms with E-state index in [1.165, 1.54) is 28.3 Å². The smallest absolute Gasteiger partial charge is 0.131 e. The van der Waals surface area contributed by atoms with Crippen LogP contribution >= 0.6 is 0 Å². The second-order valence-electron chi connectivity index (χ2n) is 8.28. The Kier molecular flexibility index (Phi) is 5.89. The van der Waals surface area contributed by atoms with E-state index in [1.54, 1.807) is 12.1 Å². The van der Waals surface area contributed by atoms with Crippen molar-refractivity contribution in [1.82, 2.24) is 5.32 Å². The molecule has 30 heavy (non-hydrogen) atoms. The van der Waals surface area contributed by atoms with Crippen molar-refractivity contribution >= 4 is 5.57 Å². The zero-order chi connectivity index (χ0) is 21.3. The Morgan fingerprint density at radius 2 is 1.93 bits per heavy atom. The topological polar surface area (TPSA) is 45.4 Å². The van der Waals surface area contributed by atoms with Crippen LogP contribution in [0.3, 0.4) is 0 Å². The lowest BCUT2D eigenvalue weighted by atomic mass is 9.76. The quantitative estimate of drug-likeness (QED) is 0.492. The molecule has 1 aliphatic rings. The first-order valence-corrected chi connectivity index (χ1v) is 10.4. The third-order valence-electron chi connectivity index (χ3n) is 6.07. The minimum absolute atomic E-state index is 0.191. The van der Waals surface area contributed by atoms with Gasteiger partial charge in [0.25, 0.3) is 0 Å². The van der Waals surface area contributed by atoms with E-state index >= 15 is 0 Å². The lowest BCUT2D eigenvalue weighted by Crippen LogP contribution is -2.21. The van der Waals surface area contributed by atoms with Crippen LogP contribution in [0.1, 0.15) is 66.2 Å². The molecule has 0 saturated carbocycles. The van der Waals surface area contributed by atoms with Crippen molar-refractivity contribution in [3.8, 4) is 0 Å². The molecule has 0 bridgehead atoms. The molecule has 2 unspecified atom stereocenters. The highest BCUT2D eigenvalue weighted by Crippen LogP contribution is 2.41. The third-order valence-corrected chi connectivity index (χ3v) is 6.07. The van der Waals surface area contributed by atoms with Gasteiger partial charge in [-0.25, -0.2) is 4.39 Å². The maximum atomic E-state index is 13.6. The summed E-state index contributed by atoms with van der Waals surface area (Å²) in [5.41, 5.74) is 6.88. The SMILES string of the molecule is CC1=C(C)c2cc(C(O)NCc3ccc(C)o3)ccc2C(Cc2cccc(F)c2)C1. The van der Waals surface area contributed by atoms with Gasteiger partial charge in [0.05, 0.1) is 6.54 Å². The van der Waals surface area contributed by atoms with E-state index in [-0.39, 0.29) is 5.82 Å². The molecule has 4 rings (SSSR count). The highest BCUT2D eigenvalue weighted by molar-refractivity contribution is 5.73. The number of halogens is 1. The molecule has 2 N–H and O–H groups in total. The lowest BCUT2D eigenvalue weighted by Gasteiger charge is -2.29. The molecule has 0 fully saturated rings. The summed E-state index contributed by atoms with van der Waals surface area (Å²) < 4.78 is 19.2. The number of rotatable bonds is 6. The number of hydrogen-bond donors (Lipinski definition) is 2. The molecule has 0 spiro atoms. The summed E-state index contributed by atoms with van der Waals surface area (Å²) in [7, 11) is 0. The van der Waals surface area contributed by atoms with Crippen molar-refractivity contribution in [2.24, 2.45) is 0 Å². The number of aliphatic hydroxyl groups is 1. The summed E-state index contributed by atoms with van der Waals surface area (Å²) in [5.74, 6) is 1.77. The van der Waals surface area contributed by atoms with Gasteiger partial charge in [-0.15, -0.1) is 0 Å². The van der Waals surface area contributed by atoms with Gasteiger partial charge in [-0.05, 0) is 97.7 Å². The van der Waals surface area contributed by atoms with Crippen LogP contribution < -0.4 is 5.32 Å². The highest BCUT2D eigenvalue weighted by Gasteiger charge is 2.24. The van der Waals surface area contributed by atoms with Gasteiger partial charge in [0.15, 0.2) is 0 Å². The van der Waals surface area contributed by atoms with Crippen molar-refractivity contribution in [3.63, 3.8) is 0 Å². The van der Waals surface area contributed by atoms with E-state index in [0.29, 0.717) is 12.5 Å². The van der Waals surface area contributed by atoms with Gasteiger partial charge in [0, 0.05) is 0 Å². The molecule has 4 heteroatoms. The molecule has 3 nitrogen and oxygen atoms in total. The van der Waals surface area contributed by atoms with E-state index in [2.05, 4.69) is 31.3 Å². The molecular weight excluding hydrogens is 377 g/mol. The summed E-state index contributed by atoms with van der Waals surface area (Å²) in [5, 5.41) is 13.8. The van der Waals surface area contributed by atoms with Crippen molar-refractivity contribution in [2.75, 3.05) is 0 Å². The standard InChI is InChI=1S/C26H28FNO2/c1-16-11-21(12-19-5-4-6-22(27)13-19)24-10-8-20(14-25(24)18(16)3)26(29)28-15-23-9-7-17(2)30-23/h4-10,13-14,21,26,28-29H,11-12,15H2,1-3H3. The van der Waals surface area contributed by atoms with Gasteiger partial charge >= 0.3 is 0 Å². The minimum atomic E-state index is -0.780. The first kappa shape index (κ1) is 20.6. The average molecular weight is 406 g/mol. The maximum absolute atomic E-state index is 13.6. The minimum Gasteiger partial charge on any atom is -0.465 e. The fourth-order valence-electron chi connectivity index (χ4n) is 4.31. The van der Waals surface area contributed by atoms with Gasteiger partial charge in [0.1, 0.15) is 23.6 Å². The average Bonchev–Trinajstić information content (AvgIpc) is 3.15. The normalized spacial score (nSPS) is 17.2. The molecule has 0 radical (unpaired) electrons. The summed E-state index contributed by atoms with van der Waals surface area (Å²) in [4.78, 5) is 0. The number of nitrogens with one attached hydrogen (secondary N) is 1. The van der Waals surface area contributed by atoms with E-state index in [0.717, 1.165) is 35.5 Å². The van der Waals surface area contributed by atoms with Crippen molar-refractivity contribution in [2.45, 2.75) is 52.3 Å². The van der Waals surface area contributed by atoms with Crippen LogP contribution in [0.25, 0.3) is 5.57 Å². The second-order valence-corrected chi connectivity index (χ2v) is 8.28. The number of hydrogen-bond acceptors (Lipinski definition) is 3. The maximum Gasteiger partial charge on any atom is 0.131 e. The summed E-state index contributed by atoms with van der Waals surface area (Å²) in [6.07, 6.45) is 0.984. The number of aliphatic hydroxyl groups excluding tert-OH is 1. The molecule has 3 aromatic rings. The molecule has 156 valence electrons. The zero-order valence-corrected chi connectivity index (χ0v) is 17.7. The van der Waals surface area contributed by atoms with E-state index in [9.17, 15) is 9.50 Å². The molecule has 1 heterocycles. The Balaban J connectivity index is 1.56. The fourth-order valence-corrected chi connectivity index (χ4v) is 4.31. The Labute approximate surface area is 177 Å². The lowest BCUT2D eigenvalue weighted by molar-refractivity contribution is 0.134. The van der Waals surface area contributed by atoms with Crippen molar-refractivity contribution in [1.29, 1.82) is 0 Å². The number of benzene rings is 2. The van der Waals surface area contributed by atoms with Crippen LogP contribution in [0.5, 0.6) is 0 Å². The molecule has 1 aromatic heterocycles. The number of furan rings is 1. The molecule has 2 aromatic carbocycles. The van der Waals surface area contributed by atoms with E-state index in [4.69, 9.17) is 4.42 Å². The first-order valence-electron chi connectivity index (χ1n) is 10.4. The molecule has 0 aliphatic heterocycles. The summed E-state index contributed by atoms with van der Waals surface area (Å²) in [6.45, 7) is 6.67. The predicted octanol–water partition coefficient (Wildman–Crippen LogP) is 6.03. The Morgan fingerprint density at radius 3 is 2.67 bits per heavy atom.